The van der Waals surface area contributed by atoms with Gasteiger partial charge in [-0.25, -0.2) is 8.42 Å². The van der Waals surface area contributed by atoms with Crippen molar-refractivity contribution in [3.63, 3.8) is 0 Å². The second-order valence-corrected chi connectivity index (χ2v) is 10.0. The highest BCUT2D eigenvalue weighted by atomic mass is 79.9. The van der Waals surface area contributed by atoms with Crippen molar-refractivity contribution in [1.29, 1.82) is 0 Å². The Bertz CT molecular complexity index is 1040. The van der Waals surface area contributed by atoms with Crippen LogP contribution in [0.15, 0.2) is 53.0 Å². The van der Waals surface area contributed by atoms with Crippen molar-refractivity contribution in [2.45, 2.75) is 32.9 Å². The van der Waals surface area contributed by atoms with Crippen molar-refractivity contribution in [2.75, 3.05) is 24.2 Å². The molecule has 0 aromatic heterocycles. The lowest BCUT2D eigenvalue weighted by atomic mass is 10.1. The Balaban J connectivity index is 2.44. The zero-order valence-electron chi connectivity index (χ0n) is 18.1. The lowest BCUT2D eigenvalue weighted by molar-refractivity contribution is -0.140. The van der Waals surface area contributed by atoms with E-state index in [2.05, 4.69) is 21.2 Å². The Morgan fingerprint density at radius 2 is 1.81 bits per heavy atom. The maximum absolute atomic E-state index is 13.4. The highest BCUT2D eigenvalue weighted by Crippen LogP contribution is 2.28. The van der Waals surface area contributed by atoms with Crippen LogP contribution in [0.4, 0.5) is 5.69 Å². The van der Waals surface area contributed by atoms with Crippen LogP contribution < -0.4 is 9.62 Å². The van der Waals surface area contributed by atoms with Gasteiger partial charge in [0.15, 0.2) is 0 Å². The van der Waals surface area contributed by atoms with Gasteiger partial charge in [-0.1, -0.05) is 48.9 Å². The molecule has 9 heteroatoms. The van der Waals surface area contributed by atoms with Gasteiger partial charge in [0.25, 0.3) is 0 Å². The first-order chi connectivity index (χ1) is 14.6. The lowest BCUT2D eigenvalue weighted by Gasteiger charge is -2.32. The number of anilines is 1. The number of carbonyl (C=O) groups is 2. The molecule has 0 radical (unpaired) electrons. The number of benzene rings is 2. The Morgan fingerprint density at radius 1 is 1.13 bits per heavy atom. The van der Waals surface area contributed by atoms with Gasteiger partial charge in [-0.2, -0.15) is 0 Å². The first-order valence-electron chi connectivity index (χ1n) is 9.87. The number of hydrogen-bond donors (Lipinski definition) is 1. The van der Waals surface area contributed by atoms with Gasteiger partial charge in [0.2, 0.25) is 21.8 Å². The van der Waals surface area contributed by atoms with E-state index in [0.717, 1.165) is 21.7 Å². The third-order valence-corrected chi connectivity index (χ3v) is 6.67. The monoisotopic (exact) mass is 509 g/mol. The molecule has 0 saturated carbocycles. The number of rotatable bonds is 9. The van der Waals surface area contributed by atoms with Gasteiger partial charge in [-0.3, -0.25) is 13.9 Å². The molecule has 31 heavy (non-hydrogen) atoms. The standard InChI is InChI=1S/C22H28BrN3O4S/c1-5-19(22(28)24-3)25(14-17-10-8-9-16(2)13-17)21(27)15-26(31(4,29)30)20-12-7-6-11-18(20)23/h6-13,19H,5,14-15H2,1-4H3,(H,24,28). The zero-order chi connectivity index (χ0) is 23.2. The van der Waals surface area contributed by atoms with Crippen molar-refractivity contribution < 1.29 is 18.0 Å². The Kier molecular flexibility index (Phi) is 8.64. The van der Waals surface area contributed by atoms with Crippen LogP contribution in [0.1, 0.15) is 24.5 Å². The predicted octanol–water partition coefficient (Wildman–Crippen LogP) is 3.08. The average molecular weight is 510 g/mol. The highest BCUT2D eigenvalue weighted by molar-refractivity contribution is 9.10. The van der Waals surface area contributed by atoms with E-state index in [1.807, 2.05) is 38.1 Å². The van der Waals surface area contributed by atoms with E-state index in [1.54, 1.807) is 24.3 Å². The van der Waals surface area contributed by atoms with Crippen LogP contribution in [0.5, 0.6) is 0 Å². The number of aryl methyl sites for hydroxylation is 1. The predicted molar refractivity (Wildman–Crippen MR) is 126 cm³/mol. The number of amides is 2. The van der Waals surface area contributed by atoms with E-state index in [-0.39, 0.29) is 12.5 Å². The van der Waals surface area contributed by atoms with Gasteiger partial charge in [-0.05, 0) is 47.0 Å². The van der Waals surface area contributed by atoms with Crippen LogP contribution in [0.2, 0.25) is 0 Å². The molecule has 0 aliphatic heterocycles. The summed E-state index contributed by atoms with van der Waals surface area (Å²) in [6.45, 7) is 3.54. The van der Waals surface area contributed by atoms with Crippen molar-refractivity contribution >= 4 is 43.5 Å². The molecule has 2 aromatic carbocycles. The second kappa shape index (κ2) is 10.8. The minimum atomic E-state index is -3.75. The summed E-state index contributed by atoms with van der Waals surface area (Å²) >= 11 is 3.36. The fraction of sp³-hybridized carbons (Fsp3) is 0.364. The molecule has 1 N–H and O–H groups in total. The van der Waals surface area contributed by atoms with E-state index < -0.39 is 28.5 Å². The van der Waals surface area contributed by atoms with Crippen LogP contribution in [0.3, 0.4) is 0 Å². The van der Waals surface area contributed by atoms with Crippen LogP contribution in [-0.4, -0.2) is 51.0 Å². The average Bonchev–Trinajstić information content (AvgIpc) is 2.71. The van der Waals surface area contributed by atoms with Gasteiger partial charge in [0.1, 0.15) is 12.6 Å². The first-order valence-corrected chi connectivity index (χ1v) is 12.5. The Labute approximate surface area is 192 Å². The summed E-state index contributed by atoms with van der Waals surface area (Å²) in [6, 6.07) is 13.7. The molecule has 1 atom stereocenters. The van der Waals surface area contributed by atoms with Crippen molar-refractivity contribution in [1.82, 2.24) is 10.2 Å². The Morgan fingerprint density at radius 3 is 2.35 bits per heavy atom. The van der Waals surface area contributed by atoms with E-state index in [9.17, 15) is 18.0 Å². The number of halogens is 1. The van der Waals surface area contributed by atoms with Gasteiger partial charge >= 0.3 is 0 Å². The number of likely N-dealkylation sites (N-methyl/N-ethyl adjacent to an activating group) is 1. The number of sulfonamides is 1. The summed E-state index contributed by atoms with van der Waals surface area (Å²) < 4.78 is 26.7. The summed E-state index contributed by atoms with van der Waals surface area (Å²) in [6.07, 6.45) is 1.45. The Hall–Kier alpha value is -2.39. The molecule has 0 fully saturated rings. The van der Waals surface area contributed by atoms with Gasteiger partial charge in [0.05, 0.1) is 11.9 Å². The number of para-hydroxylation sites is 1. The summed E-state index contributed by atoms with van der Waals surface area (Å²) in [5, 5.41) is 2.60. The fourth-order valence-electron chi connectivity index (χ4n) is 3.34. The maximum atomic E-state index is 13.4. The SMILES string of the molecule is CCC(C(=O)NC)N(Cc1cccc(C)c1)C(=O)CN(c1ccccc1Br)S(C)(=O)=O. The molecule has 0 spiro atoms. The van der Waals surface area contributed by atoms with Crippen LogP contribution in [0.25, 0.3) is 0 Å². The van der Waals surface area contributed by atoms with E-state index in [4.69, 9.17) is 0 Å². The topological polar surface area (TPSA) is 86.8 Å². The molecule has 7 nitrogen and oxygen atoms in total. The molecule has 2 aromatic rings. The summed E-state index contributed by atoms with van der Waals surface area (Å²) in [5.74, 6) is -0.756. The summed E-state index contributed by atoms with van der Waals surface area (Å²) in [4.78, 5) is 27.4. The molecular weight excluding hydrogens is 482 g/mol. The minimum Gasteiger partial charge on any atom is -0.357 e. The first kappa shape index (κ1) is 24.9. The smallest absolute Gasteiger partial charge is 0.244 e. The van der Waals surface area contributed by atoms with Crippen LogP contribution >= 0.6 is 15.9 Å². The quantitative estimate of drug-likeness (QED) is 0.562. The molecule has 0 aliphatic rings. The molecule has 0 heterocycles. The largest absolute Gasteiger partial charge is 0.357 e. The zero-order valence-corrected chi connectivity index (χ0v) is 20.5. The lowest BCUT2D eigenvalue weighted by Crippen LogP contribution is -2.51. The van der Waals surface area contributed by atoms with Crippen LogP contribution in [0, 0.1) is 6.92 Å². The number of hydrogen-bond acceptors (Lipinski definition) is 4. The van der Waals surface area contributed by atoms with Crippen molar-refractivity contribution in [2.24, 2.45) is 0 Å². The van der Waals surface area contributed by atoms with E-state index in [0.29, 0.717) is 16.6 Å². The molecule has 0 aliphatic carbocycles. The second-order valence-electron chi connectivity index (χ2n) is 7.27. The number of carbonyl (C=O) groups excluding carboxylic acids is 2. The fourth-order valence-corrected chi connectivity index (χ4v) is 4.82. The maximum Gasteiger partial charge on any atom is 0.244 e. The van der Waals surface area contributed by atoms with Crippen molar-refractivity contribution in [3.05, 3.63) is 64.1 Å². The van der Waals surface area contributed by atoms with Gasteiger partial charge in [-0.15, -0.1) is 0 Å². The molecule has 0 saturated heterocycles. The summed E-state index contributed by atoms with van der Waals surface area (Å²) in [7, 11) is -2.23. The molecule has 168 valence electrons. The number of nitrogens with zero attached hydrogens (tertiary/aromatic N) is 2. The number of nitrogens with one attached hydrogen (secondary N) is 1. The molecule has 0 bridgehead atoms. The van der Waals surface area contributed by atoms with E-state index >= 15 is 0 Å². The third kappa shape index (κ3) is 6.54. The van der Waals surface area contributed by atoms with Gasteiger partial charge < -0.3 is 10.2 Å². The normalized spacial score (nSPS) is 12.2. The highest BCUT2D eigenvalue weighted by Gasteiger charge is 2.31. The third-order valence-electron chi connectivity index (χ3n) is 4.87. The van der Waals surface area contributed by atoms with Crippen molar-refractivity contribution in [3.8, 4) is 0 Å². The van der Waals surface area contributed by atoms with Crippen LogP contribution in [-0.2, 0) is 26.2 Å². The molecule has 1 unspecified atom stereocenters. The molecular formula is C22H28BrN3O4S. The molecule has 2 amide bonds. The van der Waals surface area contributed by atoms with Gasteiger partial charge in [0, 0.05) is 18.1 Å². The minimum absolute atomic E-state index is 0.194. The molecule has 2 rings (SSSR count). The van der Waals surface area contributed by atoms with E-state index in [1.165, 1.54) is 11.9 Å². The summed E-state index contributed by atoms with van der Waals surface area (Å²) in [5.41, 5.74) is 2.26.